The van der Waals surface area contributed by atoms with Gasteiger partial charge in [0.25, 0.3) is 0 Å². The highest BCUT2D eigenvalue weighted by atomic mass is 32.2. The van der Waals surface area contributed by atoms with Gasteiger partial charge in [-0.05, 0) is 13.3 Å². The van der Waals surface area contributed by atoms with E-state index in [9.17, 15) is 9.59 Å². The topological polar surface area (TPSA) is 79.3 Å². The molecule has 1 rings (SSSR count). The average molecular weight is 316 g/mol. The van der Waals surface area contributed by atoms with Crippen molar-refractivity contribution in [3.63, 3.8) is 0 Å². The number of thiazole rings is 1. The van der Waals surface area contributed by atoms with E-state index in [-0.39, 0.29) is 5.91 Å². The molecule has 0 aliphatic carbocycles. The molecule has 0 saturated carbocycles. The molecule has 0 aliphatic rings. The van der Waals surface area contributed by atoms with Crippen LogP contribution in [0.25, 0.3) is 0 Å². The van der Waals surface area contributed by atoms with Crippen LogP contribution in [0.3, 0.4) is 0 Å². The van der Waals surface area contributed by atoms with Gasteiger partial charge in [-0.2, -0.15) is 11.8 Å². The lowest BCUT2D eigenvalue weighted by atomic mass is 10.1. The number of aromatic nitrogens is 1. The molecule has 1 aromatic heterocycles. The second-order valence-electron chi connectivity index (χ2n) is 4.41. The normalized spacial score (nSPS) is 12.1. The SMILES string of the molecule is CCC[C@H](NC(=O)CCSCc1csc(C)n1)C(=O)O. The Morgan fingerprint density at radius 1 is 1.55 bits per heavy atom. The van der Waals surface area contributed by atoms with Crippen LogP contribution < -0.4 is 5.32 Å². The number of amides is 1. The third-order valence-electron chi connectivity index (χ3n) is 2.60. The molecule has 1 heterocycles. The van der Waals surface area contributed by atoms with Crippen molar-refractivity contribution in [2.75, 3.05) is 5.75 Å². The first-order valence-electron chi connectivity index (χ1n) is 6.53. The molecule has 0 unspecified atom stereocenters. The molecule has 112 valence electrons. The predicted octanol–water partition coefficient (Wildman–Crippen LogP) is 2.44. The van der Waals surface area contributed by atoms with E-state index in [1.165, 1.54) is 0 Å². The number of hydrogen-bond donors (Lipinski definition) is 2. The second-order valence-corrected chi connectivity index (χ2v) is 6.57. The fourth-order valence-corrected chi connectivity index (χ4v) is 3.18. The first-order valence-corrected chi connectivity index (χ1v) is 8.57. The van der Waals surface area contributed by atoms with Crippen LogP contribution in [-0.2, 0) is 15.3 Å². The Morgan fingerprint density at radius 3 is 2.85 bits per heavy atom. The Hall–Kier alpha value is -1.08. The van der Waals surface area contributed by atoms with Crippen molar-refractivity contribution >= 4 is 35.0 Å². The number of hydrogen-bond acceptors (Lipinski definition) is 5. The standard InChI is InChI=1S/C13H20N2O3S2/c1-3-4-11(13(17)18)15-12(16)5-6-19-7-10-8-20-9(2)14-10/h8,11H,3-7H2,1-2H3,(H,15,16)(H,17,18)/t11-/m0/s1. The molecule has 0 aliphatic heterocycles. The molecule has 0 spiro atoms. The monoisotopic (exact) mass is 316 g/mol. The van der Waals surface area contributed by atoms with E-state index >= 15 is 0 Å². The van der Waals surface area contributed by atoms with Gasteiger partial charge < -0.3 is 10.4 Å². The van der Waals surface area contributed by atoms with Crippen LogP contribution in [0.15, 0.2) is 5.38 Å². The van der Waals surface area contributed by atoms with Crippen molar-refractivity contribution < 1.29 is 14.7 Å². The summed E-state index contributed by atoms with van der Waals surface area (Å²) in [4.78, 5) is 26.9. The highest BCUT2D eigenvalue weighted by Gasteiger charge is 2.18. The van der Waals surface area contributed by atoms with Crippen LogP contribution in [-0.4, -0.2) is 33.8 Å². The molecule has 5 nitrogen and oxygen atoms in total. The molecule has 0 aromatic carbocycles. The minimum atomic E-state index is -0.967. The average Bonchev–Trinajstić information content (AvgIpc) is 2.80. The number of carbonyl (C=O) groups is 2. The van der Waals surface area contributed by atoms with Crippen LogP contribution >= 0.6 is 23.1 Å². The first kappa shape index (κ1) is 17.0. The van der Waals surface area contributed by atoms with Crippen LogP contribution in [0, 0.1) is 6.92 Å². The van der Waals surface area contributed by atoms with Gasteiger partial charge in [0, 0.05) is 23.3 Å². The summed E-state index contributed by atoms with van der Waals surface area (Å²) in [5, 5.41) is 14.6. The maximum Gasteiger partial charge on any atom is 0.326 e. The summed E-state index contributed by atoms with van der Waals surface area (Å²) in [5.41, 5.74) is 1.03. The number of rotatable bonds is 9. The molecular formula is C13H20N2O3S2. The summed E-state index contributed by atoms with van der Waals surface area (Å²) < 4.78 is 0. The van der Waals surface area contributed by atoms with Gasteiger partial charge in [-0.1, -0.05) is 13.3 Å². The lowest BCUT2D eigenvalue weighted by Crippen LogP contribution is -2.40. The highest BCUT2D eigenvalue weighted by molar-refractivity contribution is 7.98. The van der Waals surface area contributed by atoms with Crippen molar-refractivity contribution in [1.82, 2.24) is 10.3 Å². The summed E-state index contributed by atoms with van der Waals surface area (Å²) in [6.07, 6.45) is 1.53. The summed E-state index contributed by atoms with van der Waals surface area (Å²) in [7, 11) is 0. The van der Waals surface area contributed by atoms with Crippen molar-refractivity contribution in [3.8, 4) is 0 Å². The van der Waals surface area contributed by atoms with Gasteiger partial charge in [-0.15, -0.1) is 11.3 Å². The predicted molar refractivity (Wildman–Crippen MR) is 82.1 cm³/mol. The third-order valence-corrected chi connectivity index (χ3v) is 4.42. The zero-order valence-electron chi connectivity index (χ0n) is 11.7. The maximum absolute atomic E-state index is 11.6. The van der Waals surface area contributed by atoms with Gasteiger partial charge in [0.2, 0.25) is 5.91 Å². The van der Waals surface area contributed by atoms with Crippen LogP contribution in [0.4, 0.5) is 0 Å². The second kappa shape index (κ2) is 8.97. The van der Waals surface area contributed by atoms with Gasteiger partial charge in [0.15, 0.2) is 0 Å². The summed E-state index contributed by atoms with van der Waals surface area (Å²) >= 11 is 3.25. The van der Waals surface area contributed by atoms with Crippen molar-refractivity contribution in [1.29, 1.82) is 0 Å². The zero-order valence-corrected chi connectivity index (χ0v) is 13.4. The smallest absolute Gasteiger partial charge is 0.326 e. The zero-order chi connectivity index (χ0) is 15.0. The van der Waals surface area contributed by atoms with Gasteiger partial charge in [0.05, 0.1) is 10.7 Å². The van der Waals surface area contributed by atoms with Crippen LogP contribution in [0.1, 0.15) is 36.9 Å². The van der Waals surface area contributed by atoms with Crippen molar-refractivity contribution in [3.05, 3.63) is 16.1 Å². The van der Waals surface area contributed by atoms with Crippen molar-refractivity contribution in [2.45, 2.75) is 44.9 Å². The number of aliphatic carboxylic acids is 1. The Balaban J connectivity index is 2.20. The van der Waals surface area contributed by atoms with Gasteiger partial charge in [-0.25, -0.2) is 9.78 Å². The minimum absolute atomic E-state index is 0.201. The van der Waals surface area contributed by atoms with E-state index in [2.05, 4.69) is 10.3 Å². The number of aryl methyl sites for hydroxylation is 1. The molecule has 1 atom stereocenters. The molecule has 20 heavy (non-hydrogen) atoms. The van der Waals surface area contributed by atoms with E-state index in [4.69, 9.17) is 5.11 Å². The van der Waals surface area contributed by atoms with Gasteiger partial charge in [-0.3, -0.25) is 4.79 Å². The molecule has 0 bridgehead atoms. The minimum Gasteiger partial charge on any atom is -0.480 e. The van der Waals surface area contributed by atoms with Crippen molar-refractivity contribution in [2.24, 2.45) is 0 Å². The lowest BCUT2D eigenvalue weighted by Gasteiger charge is -2.13. The Bertz CT molecular complexity index is 449. The molecule has 0 radical (unpaired) electrons. The Morgan fingerprint density at radius 2 is 2.30 bits per heavy atom. The van der Waals surface area contributed by atoms with Gasteiger partial charge in [0.1, 0.15) is 6.04 Å². The molecule has 1 amide bonds. The first-order chi connectivity index (χ1) is 9.52. The summed E-state index contributed by atoms with van der Waals surface area (Å²) in [6, 6.07) is -0.765. The number of nitrogens with zero attached hydrogens (tertiary/aromatic N) is 1. The summed E-state index contributed by atoms with van der Waals surface area (Å²) in [6.45, 7) is 3.86. The molecule has 0 fully saturated rings. The number of nitrogens with one attached hydrogen (secondary N) is 1. The largest absolute Gasteiger partial charge is 0.480 e. The van der Waals surface area contributed by atoms with Gasteiger partial charge >= 0.3 is 5.97 Å². The number of carboxylic acid groups (broad SMARTS) is 1. The number of carbonyl (C=O) groups excluding carboxylic acids is 1. The molecule has 1 aromatic rings. The third kappa shape index (κ3) is 6.38. The van der Waals surface area contributed by atoms with E-state index < -0.39 is 12.0 Å². The van der Waals surface area contributed by atoms with Crippen LogP contribution in [0.2, 0.25) is 0 Å². The molecular weight excluding hydrogens is 296 g/mol. The lowest BCUT2D eigenvalue weighted by molar-refractivity contribution is -0.142. The molecule has 0 saturated heterocycles. The van der Waals surface area contributed by atoms with E-state index in [1.54, 1.807) is 23.1 Å². The fraction of sp³-hybridized carbons (Fsp3) is 0.615. The highest BCUT2D eigenvalue weighted by Crippen LogP contribution is 2.15. The maximum atomic E-state index is 11.6. The number of thioether (sulfide) groups is 1. The quantitative estimate of drug-likeness (QED) is 0.684. The molecule has 2 N–H and O–H groups in total. The Kier molecular flexibility index (Phi) is 7.61. The summed E-state index contributed by atoms with van der Waals surface area (Å²) in [5.74, 6) is 0.286. The van der Waals surface area contributed by atoms with Crippen LogP contribution in [0.5, 0.6) is 0 Å². The van der Waals surface area contributed by atoms with E-state index in [1.807, 2.05) is 19.2 Å². The Labute approximate surface area is 127 Å². The molecule has 7 heteroatoms. The number of carboxylic acids is 1. The fourth-order valence-electron chi connectivity index (χ4n) is 1.63. The van der Waals surface area contributed by atoms with E-state index in [0.29, 0.717) is 18.6 Å². The van der Waals surface area contributed by atoms with E-state index in [0.717, 1.165) is 22.9 Å².